The molecule has 0 bridgehead atoms. The molecule has 0 radical (unpaired) electrons. The third kappa shape index (κ3) is 5.26. The minimum atomic E-state index is -0.490. The number of benzene rings is 2. The van der Waals surface area contributed by atoms with Gasteiger partial charge in [0.05, 0.1) is 5.88 Å². The predicted octanol–water partition coefficient (Wildman–Crippen LogP) is 4.40. The summed E-state index contributed by atoms with van der Waals surface area (Å²) in [5.74, 6) is 0.804. The highest BCUT2D eigenvalue weighted by Crippen LogP contribution is 2.27. The molecule has 0 spiro atoms. The average molecular weight is 451 g/mol. The van der Waals surface area contributed by atoms with Crippen molar-refractivity contribution in [1.29, 1.82) is 0 Å². The standard InChI is InChI=1S/C23H22N4O2S2/c1-15-12-16(2)25-23(24-15)31-19-10-8-18(9-11-19)26-21(28)20-13-30-14-27(20)22(29)17-6-4-3-5-7-17/h3-12,20H,13-14H2,1-2H3,(H,26,28)/t20-/m0/s1. The molecule has 1 aliphatic rings. The number of nitrogens with zero attached hydrogens (tertiary/aromatic N) is 3. The lowest BCUT2D eigenvalue weighted by Gasteiger charge is -2.23. The average Bonchev–Trinajstić information content (AvgIpc) is 3.25. The molecule has 2 aromatic carbocycles. The Morgan fingerprint density at radius 2 is 1.71 bits per heavy atom. The van der Waals surface area contributed by atoms with Gasteiger partial charge in [0.15, 0.2) is 5.16 Å². The molecular weight excluding hydrogens is 428 g/mol. The van der Waals surface area contributed by atoms with Crippen LogP contribution in [0.4, 0.5) is 5.69 Å². The van der Waals surface area contributed by atoms with Crippen LogP contribution in [-0.4, -0.2) is 44.4 Å². The lowest BCUT2D eigenvalue weighted by molar-refractivity contribution is -0.119. The number of hydrogen-bond acceptors (Lipinski definition) is 6. The molecule has 158 valence electrons. The van der Waals surface area contributed by atoms with E-state index >= 15 is 0 Å². The van der Waals surface area contributed by atoms with E-state index in [0.717, 1.165) is 16.3 Å². The highest BCUT2D eigenvalue weighted by atomic mass is 32.2. The zero-order chi connectivity index (χ0) is 21.8. The summed E-state index contributed by atoms with van der Waals surface area (Å²) in [4.78, 5) is 37.2. The second-order valence-electron chi connectivity index (χ2n) is 7.21. The minimum Gasteiger partial charge on any atom is -0.324 e. The Kier molecular flexibility index (Phi) is 6.58. The first-order chi connectivity index (χ1) is 15.0. The van der Waals surface area contributed by atoms with E-state index in [1.807, 2.05) is 62.4 Å². The number of thioether (sulfide) groups is 1. The summed E-state index contributed by atoms with van der Waals surface area (Å²) in [6.45, 7) is 3.90. The van der Waals surface area contributed by atoms with E-state index < -0.39 is 6.04 Å². The van der Waals surface area contributed by atoms with E-state index in [0.29, 0.717) is 28.0 Å². The molecule has 1 aromatic heterocycles. The molecule has 1 saturated heterocycles. The number of aryl methyl sites for hydroxylation is 2. The van der Waals surface area contributed by atoms with Crippen molar-refractivity contribution in [3.05, 3.63) is 77.6 Å². The molecular formula is C23H22N4O2S2. The number of rotatable bonds is 5. The molecule has 2 amide bonds. The zero-order valence-electron chi connectivity index (χ0n) is 17.2. The highest BCUT2D eigenvalue weighted by Gasteiger charge is 2.35. The van der Waals surface area contributed by atoms with Crippen molar-refractivity contribution in [3.63, 3.8) is 0 Å². The molecule has 0 aliphatic carbocycles. The van der Waals surface area contributed by atoms with E-state index in [9.17, 15) is 9.59 Å². The Morgan fingerprint density at radius 3 is 2.39 bits per heavy atom. The fourth-order valence-corrected chi connectivity index (χ4v) is 5.30. The lowest BCUT2D eigenvalue weighted by Crippen LogP contribution is -2.44. The quantitative estimate of drug-likeness (QED) is 0.581. The van der Waals surface area contributed by atoms with Crippen molar-refractivity contribution in [2.24, 2.45) is 0 Å². The molecule has 1 atom stereocenters. The van der Waals surface area contributed by atoms with Crippen LogP contribution < -0.4 is 5.32 Å². The summed E-state index contributed by atoms with van der Waals surface area (Å²) >= 11 is 3.06. The second-order valence-corrected chi connectivity index (χ2v) is 9.25. The van der Waals surface area contributed by atoms with Gasteiger partial charge in [0.25, 0.3) is 5.91 Å². The van der Waals surface area contributed by atoms with E-state index in [2.05, 4.69) is 15.3 Å². The summed E-state index contributed by atoms with van der Waals surface area (Å²) < 4.78 is 0. The summed E-state index contributed by atoms with van der Waals surface area (Å²) in [7, 11) is 0. The maximum atomic E-state index is 12.9. The first kappa shape index (κ1) is 21.4. The Morgan fingerprint density at radius 1 is 1.03 bits per heavy atom. The van der Waals surface area contributed by atoms with Gasteiger partial charge >= 0.3 is 0 Å². The fourth-order valence-electron chi connectivity index (χ4n) is 3.28. The van der Waals surface area contributed by atoms with Crippen LogP contribution in [0.1, 0.15) is 21.7 Å². The molecule has 2 heterocycles. The molecule has 3 aromatic rings. The van der Waals surface area contributed by atoms with Crippen LogP contribution in [-0.2, 0) is 4.79 Å². The number of aromatic nitrogens is 2. The number of hydrogen-bond donors (Lipinski definition) is 1. The SMILES string of the molecule is Cc1cc(C)nc(Sc2ccc(NC(=O)[C@@H]3CSCN3C(=O)c3ccccc3)cc2)n1. The molecule has 0 saturated carbocycles. The van der Waals surface area contributed by atoms with Gasteiger partial charge in [-0.15, -0.1) is 11.8 Å². The zero-order valence-corrected chi connectivity index (χ0v) is 18.9. The normalized spacial score (nSPS) is 15.7. The van der Waals surface area contributed by atoms with Gasteiger partial charge < -0.3 is 10.2 Å². The number of carbonyl (C=O) groups is 2. The molecule has 1 aliphatic heterocycles. The summed E-state index contributed by atoms with van der Waals surface area (Å²) in [5.41, 5.74) is 3.16. The molecule has 1 N–H and O–H groups in total. The van der Waals surface area contributed by atoms with Gasteiger partial charge in [-0.3, -0.25) is 9.59 Å². The third-order valence-electron chi connectivity index (χ3n) is 4.76. The Hall–Kier alpha value is -2.84. The Bertz CT molecular complexity index is 1070. The molecule has 0 unspecified atom stereocenters. The molecule has 8 heteroatoms. The van der Waals surface area contributed by atoms with E-state index in [4.69, 9.17) is 0 Å². The van der Waals surface area contributed by atoms with Crippen molar-refractivity contribution >= 4 is 41.0 Å². The predicted molar refractivity (Wildman–Crippen MR) is 124 cm³/mol. The van der Waals surface area contributed by atoms with Crippen LogP contribution in [0, 0.1) is 13.8 Å². The van der Waals surface area contributed by atoms with Gasteiger partial charge in [-0.2, -0.15) is 0 Å². The third-order valence-corrected chi connectivity index (χ3v) is 6.64. The van der Waals surface area contributed by atoms with Gasteiger partial charge in [-0.25, -0.2) is 9.97 Å². The van der Waals surface area contributed by atoms with Crippen LogP contribution in [0.2, 0.25) is 0 Å². The smallest absolute Gasteiger partial charge is 0.255 e. The van der Waals surface area contributed by atoms with Gasteiger partial charge in [0.2, 0.25) is 5.91 Å². The second kappa shape index (κ2) is 9.53. The highest BCUT2D eigenvalue weighted by molar-refractivity contribution is 7.99. The Balaban J connectivity index is 1.40. The van der Waals surface area contributed by atoms with E-state index in [1.165, 1.54) is 11.8 Å². The largest absolute Gasteiger partial charge is 0.324 e. The molecule has 31 heavy (non-hydrogen) atoms. The molecule has 1 fully saturated rings. The van der Waals surface area contributed by atoms with Crippen LogP contribution >= 0.6 is 23.5 Å². The maximum absolute atomic E-state index is 12.9. The van der Waals surface area contributed by atoms with Gasteiger partial charge in [0, 0.05) is 33.3 Å². The monoisotopic (exact) mass is 450 g/mol. The Labute approximate surface area is 189 Å². The van der Waals surface area contributed by atoms with Crippen molar-refractivity contribution in [1.82, 2.24) is 14.9 Å². The van der Waals surface area contributed by atoms with Crippen molar-refractivity contribution in [2.45, 2.75) is 29.9 Å². The van der Waals surface area contributed by atoms with Crippen LogP contribution in [0.25, 0.3) is 0 Å². The van der Waals surface area contributed by atoms with Gasteiger partial charge in [-0.05, 0) is 68.1 Å². The number of nitrogens with one attached hydrogen (secondary N) is 1. The molecule has 6 nitrogen and oxygen atoms in total. The fraction of sp³-hybridized carbons (Fsp3) is 0.217. The van der Waals surface area contributed by atoms with Crippen LogP contribution in [0.5, 0.6) is 0 Å². The summed E-state index contributed by atoms with van der Waals surface area (Å²) in [6.07, 6.45) is 0. The number of carbonyl (C=O) groups excluding carboxylic acids is 2. The number of amides is 2. The van der Waals surface area contributed by atoms with Crippen LogP contribution in [0.3, 0.4) is 0 Å². The van der Waals surface area contributed by atoms with Crippen LogP contribution in [0.15, 0.2) is 70.7 Å². The first-order valence-corrected chi connectivity index (χ1v) is 11.8. The van der Waals surface area contributed by atoms with Gasteiger partial charge in [-0.1, -0.05) is 18.2 Å². The van der Waals surface area contributed by atoms with Crippen molar-refractivity contribution in [3.8, 4) is 0 Å². The van der Waals surface area contributed by atoms with Gasteiger partial charge in [0.1, 0.15) is 6.04 Å². The number of anilines is 1. The minimum absolute atomic E-state index is 0.119. The molecule has 4 rings (SSSR count). The first-order valence-electron chi connectivity index (χ1n) is 9.84. The topological polar surface area (TPSA) is 75.2 Å². The van der Waals surface area contributed by atoms with Crippen molar-refractivity contribution < 1.29 is 9.59 Å². The summed E-state index contributed by atoms with van der Waals surface area (Å²) in [6, 6.07) is 18.1. The lowest BCUT2D eigenvalue weighted by atomic mass is 10.1. The maximum Gasteiger partial charge on any atom is 0.255 e. The van der Waals surface area contributed by atoms with E-state index in [1.54, 1.807) is 28.8 Å². The van der Waals surface area contributed by atoms with Crippen molar-refractivity contribution in [2.75, 3.05) is 16.9 Å². The summed E-state index contributed by atoms with van der Waals surface area (Å²) in [5, 5.41) is 3.64. The van der Waals surface area contributed by atoms with E-state index in [-0.39, 0.29) is 11.8 Å².